The van der Waals surface area contributed by atoms with Gasteiger partial charge in [0.05, 0.1) is 38.1 Å². The highest BCUT2D eigenvalue weighted by atomic mass is 35.5. The standard InChI is InChI=1S/C18H23ClO4/c19-17-2-1-13(18-10-15(21)9-16(11-20)23-18)8-14(17)7-12-3-5-22-6-4-12/h1-2,7-8,15-16,18,20-21H,3-6,9-11H2. The van der Waals surface area contributed by atoms with Gasteiger partial charge in [-0.25, -0.2) is 0 Å². The summed E-state index contributed by atoms with van der Waals surface area (Å²) < 4.78 is 11.3. The van der Waals surface area contributed by atoms with Crippen molar-refractivity contribution in [3.63, 3.8) is 0 Å². The second kappa shape index (κ2) is 7.77. The van der Waals surface area contributed by atoms with Crippen LogP contribution in [-0.4, -0.2) is 42.2 Å². The molecule has 2 aliphatic rings. The first-order valence-corrected chi connectivity index (χ1v) is 8.54. The van der Waals surface area contributed by atoms with Crippen LogP contribution in [0.25, 0.3) is 6.08 Å². The summed E-state index contributed by atoms with van der Waals surface area (Å²) in [4.78, 5) is 0. The van der Waals surface area contributed by atoms with Gasteiger partial charge in [-0.05, 0) is 36.1 Å². The minimum Gasteiger partial charge on any atom is -0.394 e. The predicted octanol–water partition coefficient (Wildman–Crippen LogP) is 3.11. The molecule has 2 saturated heterocycles. The lowest BCUT2D eigenvalue weighted by Crippen LogP contribution is -2.33. The SMILES string of the molecule is OCC1CC(O)CC(c2ccc(Cl)c(C=C3CCOCC3)c2)O1. The molecule has 0 spiro atoms. The topological polar surface area (TPSA) is 58.9 Å². The highest BCUT2D eigenvalue weighted by molar-refractivity contribution is 6.32. The molecule has 2 heterocycles. The van der Waals surface area contributed by atoms with Gasteiger partial charge in [-0.3, -0.25) is 0 Å². The minimum atomic E-state index is -0.445. The molecule has 23 heavy (non-hydrogen) atoms. The Morgan fingerprint density at radius 2 is 2.00 bits per heavy atom. The molecule has 3 atom stereocenters. The lowest BCUT2D eigenvalue weighted by Gasteiger charge is -2.32. The van der Waals surface area contributed by atoms with Crippen LogP contribution >= 0.6 is 11.6 Å². The third-order valence-electron chi connectivity index (χ3n) is 4.47. The van der Waals surface area contributed by atoms with E-state index in [1.54, 1.807) is 0 Å². The van der Waals surface area contributed by atoms with Gasteiger partial charge in [0.2, 0.25) is 0 Å². The zero-order chi connectivity index (χ0) is 16.2. The molecule has 5 heteroatoms. The Labute approximate surface area is 141 Å². The Morgan fingerprint density at radius 1 is 1.22 bits per heavy atom. The summed E-state index contributed by atoms with van der Waals surface area (Å²) in [5, 5.41) is 20.0. The summed E-state index contributed by atoms with van der Waals surface area (Å²) in [5.41, 5.74) is 3.31. The maximum absolute atomic E-state index is 9.98. The van der Waals surface area contributed by atoms with Crippen LogP contribution in [0.2, 0.25) is 5.02 Å². The second-order valence-electron chi connectivity index (χ2n) is 6.25. The second-order valence-corrected chi connectivity index (χ2v) is 6.66. The van der Waals surface area contributed by atoms with Crippen LogP contribution in [0, 0.1) is 0 Å². The Hall–Kier alpha value is -0.910. The molecule has 0 aliphatic carbocycles. The molecule has 1 aromatic carbocycles. The van der Waals surface area contributed by atoms with Crippen molar-refractivity contribution in [3.8, 4) is 0 Å². The molecular formula is C18H23ClO4. The monoisotopic (exact) mass is 338 g/mol. The fourth-order valence-electron chi connectivity index (χ4n) is 3.19. The van der Waals surface area contributed by atoms with E-state index in [1.165, 1.54) is 5.57 Å². The maximum atomic E-state index is 9.98. The van der Waals surface area contributed by atoms with Crippen molar-refractivity contribution >= 4 is 17.7 Å². The highest BCUT2D eigenvalue weighted by Gasteiger charge is 2.29. The Bertz CT molecular complexity index is 564. The van der Waals surface area contributed by atoms with Gasteiger partial charge in [0.15, 0.2) is 0 Å². The molecule has 3 rings (SSSR count). The molecule has 2 fully saturated rings. The Kier molecular flexibility index (Phi) is 5.72. The van der Waals surface area contributed by atoms with Crippen molar-refractivity contribution in [1.29, 1.82) is 0 Å². The summed E-state index contributed by atoms with van der Waals surface area (Å²) >= 11 is 6.33. The fraction of sp³-hybridized carbons (Fsp3) is 0.556. The van der Waals surface area contributed by atoms with E-state index in [0.29, 0.717) is 17.9 Å². The van der Waals surface area contributed by atoms with Crippen LogP contribution in [0.3, 0.4) is 0 Å². The van der Waals surface area contributed by atoms with E-state index >= 15 is 0 Å². The third-order valence-corrected chi connectivity index (χ3v) is 4.81. The van der Waals surface area contributed by atoms with Gasteiger partial charge in [-0.1, -0.05) is 29.3 Å². The van der Waals surface area contributed by atoms with Crippen molar-refractivity contribution in [2.75, 3.05) is 19.8 Å². The number of aliphatic hydroxyl groups is 2. The number of hydrogen-bond donors (Lipinski definition) is 2. The van der Waals surface area contributed by atoms with Crippen molar-refractivity contribution in [2.24, 2.45) is 0 Å². The zero-order valence-corrected chi connectivity index (χ0v) is 13.8. The summed E-state index contributed by atoms with van der Waals surface area (Å²) in [6.07, 6.45) is 4.07. The highest BCUT2D eigenvalue weighted by Crippen LogP contribution is 2.34. The maximum Gasteiger partial charge on any atom is 0.0854 e. The fourth-order valence-corrected chi connectivity index (χ4v) is 3.37. The summed E-state index contributed by atoms with van der Waals surface area (Å²) in [7, 11) is 0. The van der Waals surface area contributed by atoms with Crippen LogP contribution in [0.1, 0.15) is 42.9 Å². The van der Waals surface area contributed by atoms with E-state index < -0.39 is 6.10 Å². The summed E-state index contributed by atoms with van der Waals surface area (Å²) in [6.45, 7) is 1.45. The van der Waals surface area contributed by atoms with E-state index in [1.807, 2.05) is 18.2 Å². The molecule has 3 unspecified atom stereocenters. The average Bonchev–Trinajstić information content (AvgIpc) is 2.57. The average molecular weight is 339 g/mol. The van der Waals surface area contributed by atoms with E-state index in [4.69, 9.17) is 21.1 Å². The molecule has 0 aromatic heterocycles. The number of ether oxygens (including phenoxy) is 2. The quantitative estimate of drug-likeness (QED) is 0.889. The van der Waals surface area contributed by atoms with Gasteiger partial charge < -0.3 is 19.7 Å². The molecule has 0 radical (unpaired) electrons. The molecule has 2 aliphatic heterocycles. The number of halogens is 1. The lowest BCUT2D eigenvalue weighted by molar-refractivity contribution is -0.113. The third kappa shape index (κ3) is 4.34. The van der Waals surface area contributed by atoms with E-state index in [2.05, 4.69) is 6.08 Å². The van der Waals surface area contributed by atoms with Gasteiger partial charge in [-0.15, -0.1) is 0 Å². The van der Waals surface area contributed by atoms with Crippen molar-refractivity contribution in [2.45, 2.75) is 44.0 Å². The number of aliphatic hydroxyl groups excluding tert-OH is 2. The van der Waals surface area contributed by atoms with Gasteiger partial charge >= 0.3 is 0 Å². The van der Waals surface area contributed by atoms with Gasteiger partial charge in [-0.2, -0.15) is 0 Å². The normalized spacial score (nSPS) is 28.7. The molecule has 4 nitrogen and oxygen atoms in total. The molecule has 1 aromatic rings. The molecule has 0 bridgehead atoms. The van der Waals surface area contributed by atoms with Crippen LogP contribution < -0.4 is 0 Å². The van der Waals surface area contributed by atoms with E-state index in [0.717, 1.165) is 37.2 Å². The Balaban J connectivity index is 1.82. The van der Waals surface area contributed by atoms with Crippen LogP contribution in [0.5, 0.6) is 0 Å². The van der Waals surface area contributed by atoms with Crippen molar-refractivity contribution in [1.82, 2.24) is 0 Å². The zero-order valence-electron chi connectivity index (χ0n) is 13.1. The summed E-state index contributed by atoms with van der Waals surface area (Å²) in [5.74, 6) is 0. The number of hydrogen-bond acceptors (Lipinski definition) is 4. The van der Waals surface area contributed by atoms with E-state index in [-0.39, 0.29) is 18.8 Å². The largest absolute Gasteiger partial charge is 0.394 e. The van der Waals surface area contributed by atoms with Gasteiger partial charge in [0.1, 0.15) is 0 Å². The Morgan fingerprint density at radius 3 is 2.74 bits per heavy atom. The smallest absolute Gasteiger partial charge is 0.0854 e. The predicted molar refractivity (Wildman–Crippen MR) is 89.4 cm³/mol. The van der Waals surface area contributed by atoms with Crippen LogP contribution in [-0.2, 0) is 9.47 Å². The van der Waals surface area contributed by atoms with Crippen LogP contribution in [0.15, 0.2) is 23.8 Å². The number of benzene rings is 1. The molecule has 2 N–H and O–H groups in total. The molecule has 0 saturated carbocycles. The van der Waals surface area contributed by atoms with E-state index in [9.17, 15) is 10.2 Å². The summed E-state index contributed by atoms with van der Waals surface area (Å²) in [6, 6.07) is 5.84. The number of rotatable bonds is 3. The molecule has 0 amide bonds. The first-order chi connectivity index (χ1) is 11.2. The lowest BCUT2D eigenvalue weighted by atomic mass is 9.94. The first-order valence-electron chi connectivity index (χ1n) is 8.16. The molecular weight excluding hydrogens is 316 g/mol. The van der Waals surface area contributed by atoms with Gasteiger partial charge in [0.25, 0.3) is 0 Å². The van der Waals surface area contributed by atoms with Crippen molar-refractivity contribution in [3.05, 3.63) is 39.9 Å². The van der Waals surface area contributed by atoms with Crippen LogP contribution in [0.4, 0.5) is 0 Å². The van der Waals surface area contributed by atoms with Gasteiger partial charge in [0, 0.05) is 17.9 Å². The minimum absolute atomic E-state index is 0.0714. The first kappa shape index (κ1) is 16.9. The molecule has 126 valence electrons. The van der Waals surface area contributed by atoms with Crippen molar-refractivity contribution < 1.29 is 19.7 Å².